The van der Waals surface area contributed by atoms with Crippen LogP contribution in [-0.4, -0.2) is 30.7 Å². The van der Waals surface area contributed by atoms with Gasteiger partial charge in [0.2, 0.25) is 0 Å². The Hall–Kier alpha value is -0.166. The Morgan fingerprint density at radius 1 is 0.833 bits per heavy atom. The molecule has 0 aliphatic heterocycles. The van der Waals surface area contributed by atoms with Crippen LogP contribution in [0.2, 0.25) is 0 Å². The van der Waals surface area contributed by atoms with E-state index in [4.69, 9.17) is 8.85 Å². The maximum atomic E-state index is 6.47. The standard InChI is InChI=1S/C20H36O2Si2/c1-7-23-21-17(3,4)19-10-15-9-16(11-19)13-20(12-15,14-19)18(5,6)22-24-8-2/h7-8,15-16H,1-2,9-14,23-24H2,3-6H3. The van der Waals surface area contributed by atoms with Crippen molar-refractivity contribution in [3.63, 3.8) is 0 Å². The van der Waals surface area contributed by atoms with Gasteiger partial charge in [0, 0.05) is 0 Å². The highest BCUT2D eigenvalue weighted by atomic mass is 28.2. The average molecular weight is 365 g/mol. The van der Waals surface area contributed by atoms with Gasteiger partial charge in [0.15, 0.2) is 19.5 Å². The molecule has 4 bridgehead atoms. The Morgan fingerprint density at radius 3 is 1.54 bits per heavy atom. The second-order valence-corrected chi connectivity index (χ2v) is 12.1. The highest BCUT2D eigenvalue weighted by Gasteiger charge is 2.66. The summed E-state index contributed by atoms with van der Waals surface area (Å²) >= 11 is 0. The van der Waals surface area contributed by atoms with E-state index in [0.29, 0.717) is 10.8 Å². The summed E-state index contributed by atoms with van der Waals surface area (Å²) in [6.45, 7) is 17.2. The van der Waals surface area contributed by atoms with Crippen LogP contribution in [0, 0.1) is 22.7 Å². The van der Waals surface area contributed by atoms with Crippen molar-refractivity contribution in [3.05, 3.63) is 24.6 Å². The Labute approximate surface area is 153 Å². The van der Waals surface area contributed by atoms with Gasteiger partial charge in [-0.05, 0) is 88.9 Å². The Bertz CT molecular complexity index is 456. The molecule has 4 fully saturated rings. The molecule has 0 saturated heterocycles. The van der Waals surface area contributed by atoms with E-state index >= 15 is 0 Å². The van der Waals surface area contributed by atoms with Crippen LogP contribution in [0.5, 0.6) is 0 Å². The molecular formula is C20H36O2Si2. The van der Waals surface area contributed by atoms with Crippen molar-refractivity contribution in [2.24, 2.45) is 22.7 Å². The maximum Gasteiger partial charge on any atom is 0.185 e. The minimum absolute atomic E-state index is 0.0254. The van der Waals surface area contributed by atoms with E-state index in [1.807, 2.05) is 11.4 Å². The molecule has 4 aliphatic carbocycles. The lowest BCUT2D eigenvalue weighted by Gasteiger charge is -2.69. The van der Waals surface area contributed by atoms with Crippen LogP contribution in [-0.2, 0) is 8.85 Å². The molecule has 4 saturated carbocycles. The summed E-state index contributed by atoms with van der Waals surface area (Å²) in [5.74, 6) is 1.74. The van der Waals surface area contributed by atoms with E-state index in [-0.39, 0.29) is 11.2 Å². The van der Waals surface area contributed by atoms with Gasteiger partial charge in [0.25, 0.3) is 0 Å². The highest BCUT2D eigenvalue weighted by molar-refractivity contribution is 6.34. The van der Waals surface area contributed by atoms with Gasteiger partial charge in [-0.25, -0.2) is 0 Å². The van der Waals surface area contributed by atoms with Crippen molar-refractivity contribution in [2.75, 3.05) is 0 Å². The summed E-state index contributed by atoms with van der Waals surface area (Å²) in [5.41, 5.74) is 4.68. The fourth-order valence-electron chi connectivity index (χ4n) is 6.51. The van der Waals surface area contributed by atoms with Crippen LogP contribution in [0.3, 0.4) is 0 Å². The first-order chi connectivity index (χ1) is 11.2. The molecule has 2 nitrogen and oxygen atoms in total. The summed E-state index contributed by atoms with van der Waals surface area (Å²) in [7, 11) is -1.22. The van der Waals surface area contributed by atoms with Crippen LogP contribution in [0.1, 0.15) is 66.2 Å². The van der Waals surface area contributed by atoms with Crippen molar-refractivity contribution in [1.29, 1.82) is 0 Å². The summed E-state index contributed by atoms with van der Waals surface area (Å²) in [4.78, 5) is 0. The number of hydrogen-bond donors (Lipinski definition) is 0. The summed E-state index contributed by atoms with van der Waals surface area (Å²) in [6, 6.07) is 0. The van der Waals surface area contributed by atoms with Gasteiger partial charge in [0.05, 0.1) is 11.2 Å². The third-order valence-corrected chi connectivity index (χ3v) is 9.99. The predicted molar refractivity (Wildman–Crippen MR) is 107 cm³/mol. The summed E-state index contributed by atoms with van der Waals surface area (Å²) in [5, 5.41) is 0. The fraction of sp³-hybridized carbons (Fsp3) is 0.800. The van der Waals surface area contributed by atoms with E-state index in [9.17, 15) is 0 Å². The zero-order valence-electron chi connectivity index (χ0n) is 16.2. The monoisotopic (exact) mass is 364 g/mol. The zero-order chi connectivity index (χ0) is 17.6. The van der Waals surface area contributed by atoms with Gasteiger partial charge in [-0.3, -0.25) is 0 Å². The third-order valence-electron chi connectivity index (χ3n) is 7.74. The molecule has 0 aromatic rings. The topological polar surface area (TPSA) is 18.5 Å². The number of rotatable bonds is 8. The first-order valence-corrected chi connectivity index (χ1v) is 12.5. The molecule has 4 heteroatoms. The van der Waals surface area contributed by atoms with Crippen LogP contribution in [0.25, 0.3) is 0 Å². The molecule has 0 spiro atoms. The van der Waals surface area contributed by atoms with Gasteiger partial charge in [-0.1, -0.05) is 11.4 Å². The molecule has 0 N–H and O–H groups in total. The zero-order valence-corrected chi connectivity index (χ0v) is 19.0. The normalized spacial score (nSPS) is 39.3. The van der Waals surface area contributed by atoms with Gasteiger partial charge >= 0.3 is 0 Å². The first-order valence-electron chi connectivity index (χ1n) is 9.69. The molecule has 4 rings (SSSR count). The van der Waals surface area contributed by atoms with Crippen molar-refractivity contribution in [2.45, 2.75) is 77.4 Å². The van der Waals surface area contributed by atoms with Gasteiger partial charge in [0.1, 0.15) is 0 Å². The van der Waals surface area contributed by atoms with E-state index in [0.717, 1.165) is 11.8 Å². The molecule has 0 heterocycles. The van der Waals surface area contributed by atoms with Crippen LogP contribution < -0.4 is 0 Å². The predicted octanol–water partition coefficient (Wildman–Crippen LogP) is 3.62. The smallest absolute Gasteiger partial charge is 0.185 e. The summed E-state index contributed by atoms with van der Waals surface area (Å²) < 4.78 is 12.9. The van der Waals surface area contributed by atoms with Crippen molar-refractivity contribution in [3.8, 4) is 0 Å². The molecule has 4 aliphatic rings. The Balaban J connectivity index is 1.92. The molecule has 0 unspecified atom stereocenters. The molecule has 24 heavy (non-hydrogen) atoms. The highest BCUT2D eigenvalue weighted by Crippen LogP contribution is 2.71. The van der Waals surface area contributed by atoms with Crippen molar-refractivity contribution in [1.82, 2.24) is 0 Å². The van der Waals surface area contributed by atoms with E-state index in [2.05, 4.69) is 40.9 Å². The van der Waals surface area contributed by atoms with Crippen LogP contribution >= 0.6 is 0 Å². The first kappa shape index (κ1) is 18.6. The second-order valence-electron chi connectivity index (χ2n) is 9.74. The van der Waals surface area contributed by atoms with E-state index in [1.54, 1.807) is 0 Å². The van der Waals surface area contributed by atoms with Crippen molar-refractivity contribution >= 4 is 19.5 Å². The minimum Gasteiger partial charge on any atom is -0.414 e. The van der Waals surface area contributed by atoms with E-state index < -0.39 is 19.5 Å². The summed E-state index contributed by atoms with van der Waals surface area (Å²) in [6.07, 6.45) is 8.16. The lowest BCUT2D eigenvalue weighted by molar-refractivity contribution is -0.225. The average Bonchev–Trinajstić information content (AvgIpc) is 2.49. The van der Waals surface area contributed by atoms with Crippen LogP contribution in [0.4, 0.5) is 0 Å². The van der Waals surface area contributed by atoms with Gasteiger partial charge in [-0.2, -0.15) is 0 Å². The van der Waals surface area contributed by atoms with Gasteiger partial charge < -0.3 is 8.85 Å². The Kier molecular flexibility index (Phi) is 4.83. The maximum absolute atomic E-state index is 6.47. The quantitative estimate of drug-likeness (QED) is 0.613. The minimum atomic E-state index is -0.609. The van der Waals surface area contributed by atoms with Crippen molar-refractivity contribution < 1.29 is 8.85 Å². The molecule has 0 aromatic carbocycles. The molecular weight excluding hydrogens is 328 g/mol. The lowest BCUT2D eigenvalue weighted by Crippen LogP contribution is -2.65. The molecule has 0 amide bonds. The van der Waals surface area contributed by atoms with E-state index in [1.165, 1.54) is 38.5 Å². The number of hydrogen-bond acceptors (Lipinski definition) is 2. The third kappa shape index (κ3) is 2.83. The second kappa shape index (κ2) is 6.22. The molecule has 0 radical (unpaired) electrons. The molecule has 0 atom stereocenters. The van der Waals surface area contributed by atoms with Crippen LogP contribution in [0.15, 0.2) is 24.6 Å². The molecule has 136 valence electrons. The molecule has 0 aromatic heterocycles. The lowest BCUT2D eigenvalue weighted by atomic mass is 9.38. The largest absolute Gasteiger partial charge is 0.414 e. The van der Waals surface area contributed by atoms with Gasteiger partial charge in [-0.15, -0.1) is 13.2 Å². The fourth-order valence-corrected chi connectivity index (χ4v) is 8.19. The Morgan fingerprint density at radius 2 is 1.21 bits per heavy atom. The SMILES string of the molecule is C=C[SiH2]OC(C)(C)C12CC3CC(C1)CC(C(C)(C)O[SiH2]C=C)(C3)C2.